The molecule has 18 heavy (non-hydrogen) atoms. The minimum atomic E-state index is -0.471. The summed E-state index contributed by atoms with van der Waals surface area (Å²) in [4.78, 5) is 15.2. The van der Waals surface area contributed by atoms with Crippen LogP contribution in [0.3, 0.4) is 0 Å². The minimum Gasteiger partial charge on any atom is -0.474 e. The van der Waals surface area contributed by atoms with Gasteiger partial charge < -0.3 is 16.2 Å². The fourth-order valence-electron chi connectivity index (χ4n) is 2.38. The standard InChI is InChI=1S/C13H19N3O2/c14-8-10-3-1-2-4-11(10)18-12-7-9(13(15)17)5-6-16-12/h5-7,10-11H,1-4,8,14H2,(H2,15,17). The molecule has 1 amide bonds. The summed E-state index contributed by atoms with van der Waals surface area (Å²) >= 11 is 0. The lowest BCUT2D eigenvalue weighted by Gasteiger charge is -2.30. The molecular formula is C13H19N3O2. The van der Waals surface area contributed by atoms with E-state index in [0.717, 1.165) is 19.3 Å². The molecule has 1 fully saturated rings. The van der Waals surface area contributed by atoms with Crippen LogP contribution < -0.4 is 16.2 Å². The van der Waals surface area contributed by atoms with Gasteiger partial charge in [-0.3, -0.25) is 4.79 Å². The lowest BCUT2D eigenvalue weighted by molar-refractivity contribution is 0.0914. The molecule has 0 aromatic carbocycles. The van der Waals surface area contributed by atoms with E-state index in [1.54, 1.807) is 12.1 Å². The smallest absolute Gasteiger partial charge is 0.248 e. The van der Waals surface area contributed by atoms with E-state index in [-0.39, 0.29) is 6.10 Å². The Hall–Kier alpha value is -1.62. The summed E-state index contributed by atoms with van der Waals surface area (Å²) in [6.45, 7) is 0.625. The number of primary amides is 1. The van der Waals surface area contributed by atoms with Crippen molar-refractivity contribution in [2.24, 2.45) is 17.4 Å². The number of carbonyl (C=O) groups is 1. The van der Waals surface area contributed by atoms with Crippen molar-refractivity contribution in [3.8, 4) is 5.88 Å². The molecule has 0 radical (unpaired) electrons. The van der Waals surface area contributed by atoms with E-state index in [0.29, 0.717) is 23.9 Å². The number of rotatable bonds is 4. The number of nitrogens with zero attached hydrogens (tertiary/aromatic N) is 1. The highest BCUT2D eigenvalue weighted by molar-refractivity contribution is 5.92. The highest BCUT2D eigenvalue weighted by Gasteiger charge is 2.26. The van der Waals surface area contributed by atoms with Gasteiger partial charge in [-0.15, -0.1) is 0 Å². The van der Waals surface area contributed by atoms with Gasteiger partial charge in [0.25, 0.3) is 0 Å². The molecule has 0 spiro atoms. The maximum absolute atomic E-state index is 11.1. The first-order valence-electron chi connectivity index (χ1n) is 6.33. The zero-order valence-electron chi connectivity index (χ0n) is 10.3. The zero-order valence-corrected chi connectivity index (χ0v) is 10.3. The summed E-state index contributed by atoms with van der Waals surface area (Å²) in [5.74, 6) is 0.357. The van der Waals surface area contributed by atoms with Crippen molar-refractivity contribution in [1.29, 1.82) is 0 Å². The molecule has 4 N–H and O–H groups in total. The Morgan fingerprint density at radius 1 is 1.44 bits per heavy atom. The summed E-state index contributed by atoms with van der Waals surface area (Å²) in [6, 6.07) is 3.17. The third kappa shape index (κ3) is 2.98. The van der Waals surface area contributed by atoms with Gasteiger partial charge in [0.05, 0.1) is 0 Å². The number of carbonyl (C=O) groups excluding carboxylic acids is 1. The zero-order chi connectivity index (χ0) is 13.0. The average molecular weight is 249 g/mol. The van der Waals surface area contributed by atoms with Crippen LogP contribution in [0.25, 0.3) is 0 Å². The number of aromatic nitrogens is 1. The van der Waals surface area contributed by atoms with Crippen LogP contribution in [0.5, 0.6) is 5.88 Å². The van der Waals surface area contributed by atoms with Crippen LogP contribution in [-0.4, -0.2) is 23.5 Å². The summed E-state index contributed by atoms with van der Waals surface area (Å²) in [5.41, 5.74) is 11.4. The third-order valence-corrected chi connectivity index (χ3v) is 3.43. The van der Waals surface area contributed by atoms with Crippen molar-refractivity contribution in [3.05, 3.63) is 23.9 Å². The Labute approximate surface area is 107 Å². The van der Waals surface area contributed by atoms with Gasteiger partial charge in [0.15, 0.2) is 0 Å². The van der Waals surface area contributed by atoms with E-state index >= 15 is 0 Å². The van der Waals surface area contributed by atoms with Crippen LogP contribution in [0.4, 0.5) is 0 Å². The quantitative estimate of drug-likeness (QED) is 0.835. The van der Waals surface area contributed by atoms with Gasteiger partial charge in [0.1, 0.15) is 6.10 Å². The van der Waals surface area contributed by atoms with Crippen molar-refractivity contribution >= 4 is 5.91 Å². The molecule has 1 aliphatic carbocycles. The number of ether oxygens (including phenoxy) is 1. The number of amides is 1. The first-order chi connectivity index (χ1) is 8.70. The monoisotopic (exact) mass is 249 g/mol. The molecule has 2 rings (SSSR count). The summed E-state index contributed by atoms with van der Waals surface area (Å²) in [6.07, 6.45) is 6.07. The van der Waals surface area contributed by atoms with E-state index < -0.39 is 5.91 Å². The van der Waals surface area contributed by atoms with Crippen LogP contribution in [0, 0.1) is 5.92 Å². The average Bonchev–Trinajstić information content (AvgIpc) is 2.39. The Morgan fingerprint density at radius 2 is 2.22 bits per heavy atom. The van der Waals surface area contributed by atoms with Gasteiger partial charge >= 0.3 is 0 Å². The predicted octanol–water partition coefficient (Wildman–Crippen LogP) is 1.08. The van der Waals surface area contributed by atoms with Crippen LogP contribution in [0.15, 0.2) is 18.3 Å². The molecule has 98 valence electrons. The van der Waals surface area contributed by atoms with Crippen molar-refractivity contribution < 1.29 is 9.53 Å². The molecule has 1 heterocycles. The molecular weight excluding hydrogens is 230 g/mol. The van der Waals surface area contributed by atoms with E-state index in [1.807, 2.05) is 0 Å². The van der Waals surface area contributed by atoms with Gasteiger partial charge in [0, 0.05) is 23.7 Å². The predicted molar refractivity (Wildman–Crippen MR) is 68.2 cm³/mol. The van der Waals surface area contributed by atoms with E-state index in [2.05, 4.69) is 4.98 Å². The summed E-state index contributed by atoms with van der Waals surface area (Å²) < 4.78 is 5.85. The van der Waals surface area contributed by atoms with Crippen molar-refractivity contribution in [3.63, 3.8) is 0 Å². The van der Waals surface area contributed by atoms with E-state index in [4.69, 9.17) is 16.2 Å². The maximum atomic E-state index is 11.1. The van der Waals surface area contributed by atoms with Crippen LogP contribution >= 0.6 is 0 Å². The molecule has 1 aromatic rings. The molecule has 5 nitrogen and oxygen atoms in total. The largest absolute Gasteiger partial charge is 0.474 e. The minimum absolute atomic E-state index is 0.0966. The Balaban J connectivity index is 2.07. The molecule has 2 atom stereocenters. The fraction of sp³-hybridized carbons (Fsp3) is 0.538. The Morgan fingerprint density at radius 3 is 2.94 bits per heavy atom. The number of pyridine rings is 1. The lowest BCUT2D eigenvalue weighted by atomic mass is 9.86. The molecule has 1 aromatic heterocycles. The van der Waals surface area contributed by atoms with Crippen LogP contribution in [0.2, 0.25) is 0 Å². The van der Waals surface area contributed by atoms with E-state index in [1.165, 1.54) is 12.6 Å². The second-order valence-corrected chi connectivity index (χ2v) is 4.68. The highest BCUT2D eigenvalue weighted by atomic mass is 16.5. The molecule has 2 unspecified atom stereocenters. The number of hydrogen-bond donors (Lipinski definition) is 2. The van der Waals surface area contributed by atoms with Crippen LogP contribution in [0.1, 0.15) is 36.0 Å². The molecule has 5 heteroatoms. The van der Waals surface area contributed by atoms with Gasteiger partial charge in [-0.05, 0) is 31.9 Å². The highest BCUT2D eigenvalue weighted by Crippen LogP contribution is 2.27. The third-order valence-electron chi connectivity index (χ3n) is 3.43. The summed E-state index contributed by atoms with van der Waals surface area (Å²) in [5, 5.41) is 0. The van der Waals surface area contributed by atoms with Crippen LogP contribution in [-0.2, 0) is 0 Å². The molecule has 1 aliphatic rings. The second kappa shape index (κ2) is 5.82. The SMILES string of the molecule is NCC1CCCCC1Oc1cc(C(N)=O)ccn1. The molecule has 1 saturated carbocycles. The van der Waals surface area contributed by atoms with Gasteiger partial charge in [-0.1, -0.05) is 6.42 Å². The molecule has 0 saturated heterocycles. The number of hydrogen-bond acceptors (Lipinski definition) is 4. The summed E-state index contributed by atoms with van der Waals surface area (Å²) in [7, 11) is 0. The lowest BCUT2D eigenvalue weighted by Crippen LogP contribution is -2.35. The van der Waals surface area contributed by atoms with Gasteiger partial charge in [0.2, 0.25) is 11.8 Å². The fourth-order valence-corrected chi connectivity index (χ4v) is 2.38. The van der Waals surface area contributed by atoms with Gasteiger partial charge in [-0.2, -0.15) is 0 Å². The van der Waals surface area contributed by atoms with Crippen molar-refractivity contribution in [2.75, 3.05) is 6.54 Å². The van der Waals surface area contributed by atoms with Gasteiger partial charge in [-0.25, -0.2) is 4.98 Å². The Kier molecular flexibility index (Phi) is 4.15. The van der Waals surface area contributed by atoms with Crippen molar-refractivity contribution in [1.82, 2.24) is 4.98 Å². The number of nitrogens with two attached hydrogens (primary N) is 2. The molecule has 0 aliphatic heterocycles. The maximum Gasteiger partial charge on any atom is 0.248 e. The topological polar surface area (TPSA) is 91.2 Å². The van der Waals surface area contributed by atoms with E-state index in [9.17, 15) is 4.79 Å². The normalized spacial score (nSPS) is 23.6. The Bertz CT molecular complexity index is 422. The second-order valence-electron chi connectivity index (χ2n) is 4.68. The first kappa shape index (κ1) is 12.8. The van der Waals surface area contributed by atoms with Crippen molar-refractivity contribution in [2.45, 2.75) is 31.8 Å². The first-order valence-corrected chi connectivity index (χ1v) is 6.33. The molecule has 0 bridgehead atoms.